The van der Waals surface area contributed by atoms with Gasteiger partial charge < -0.3 is 4.74 Å². The Bertz CT molecular complexity index is 428. The van der Waals surface area contributed by atoms with Crippen LogP contribution in [0, 0.1) is 0 Å². The van der Waals surface area contributed by atoms with E-state index < -0.39 is 11.8 Å². The zero-order chi connectivity index (χ0) is 14.3. The minimum absolute atomic E-state index is 0.0287. The third kappa shape index (κ3) is 5.58. The lowest BCUT2D eigenvalue weighted by atomic mass is 10.1. The summed E-state index contributed by atoms with van der Waals surface area (Å²) in [6, 6.07) is 6.60. The van der Waals surface area contributed by atoms with Gasteiger partial charge in [-0.2, -0.15) is 0 Å². The third-order valence-corrected chi connectivity index (χ3v) is 2.24. The predicted molar refractivity (Wildman–Crippen MR) is 62.0 cm³/mol. The fraction of sp³-hybridized carbons (Fsp3) is 0.333. The van der Waals surface area contributed by atoms with Crippen LogP contribution in [-0.4, -0.2) is 34.2 Å². The zero-order valence-corrected chi connectivity index (χ0v) is 10.4. The van der Waals surface area contributed by atoms with Crippen molar-refractivity contribution in [2.24, 2.45) is 0 Å². The summed E-state index contributed by atoms with van der Waals surface area (Å²) in [6.45, 7) is 1.77. The number of nitrogens with zero attached hydrogens (tertiary/aromatic N) is 1. The van der Waals surface area contributed by atoms with Gasteiger partial charge in [0.15, 0.2) is 0 Å². The van der Waals surface area contributed by atoms with Crippen LogP contribution in [-0.2, 0) is 32.2 Å². The van der Waals surface area contributed by atoms with Gasteiger partial charge in [0.25, 0.3) is 0 Å². The summed E-state index contributed by atoms with van der Waals surface area (Å²) in [5, 5.41) is 16.4. The fourth-order valence-electron chi connectivity index (χ4n) is 1.35. The van der Waals surface area contributed by atoms with Crippen LogP contribution in [0.15, 0.2) is 24.3 Å². The smallest absolute Gasteiger partial charge is 0.374 e. The van der Waals surface area contributed by atoms with Gasteiger partial charge in [0.2, 0.25) is 5.78 Å². The Hall–Kier alpha value is -1.80. The van der Waals surface area contributed by atoms with E-state index in [0.29, 0.717) is 11.1 Å². The average molecular weight is 269 g/mol. The van der Waals surface area contributed by atoms with E-state index in [2.05, 4.69) is 9.57 Å². The highest BCUT2D eigenvalue weighted by atomic mass is 17.1. The molecule has 7 nitrogen and oxygen atoms in total. The Morgan fingerprint density at radius 3 is 2.26 bits per heavy atom. The fourth-order valence-corrected chi connectivity index (χ4v) is 1.35. The van der Waals surface area contributed by atoms with Gasteiger partial charge in [0.1, 0.15) is 0 Å². The summed E-state index contributed by atoms with van der Waals surface area (Å²) in [5.41, 5.74) is 1.34. The summed E-state index contributed by atoms with van der Waals surface area (Å²) >= 11 is 0. The van der Waals surface area contributed by atoms with Crippen molar-refractivity contribution < 1.29 is 29.6 Å². The van der Waals surface area contributed by atoms with Crippen LogP contribution in [0.5, 0.6) is 0 Å². The second-order valence-corrected chi connectivity index (χ2v) is 3.66. The first kappa shape index (κ1) is 15.3. The minimum atomic E-state index is -0.842. The Morgan fingerprint density at radius 2 is 1.74 bits per heavy atom. The maximum atomic E-state index is 11.4. The standard InChI is InChI=1S/C12H15NO6/c1-2-18-12(15)11(14)7-9-3-5-10(6-4-9)8-19-13(16)17/h3-6,16-17H,2,7-8H2,1H3. The molecule has 0 aromatic heterocycles. The van der Waals surface area contributed by atoms with Crippen molar-refractivity contribution in [1.82, 2.24) is 5.39 Å². The first-order valence-electron chi connectivity index (χ1n) is 5.61. The van der Waals surface area contributed by atoms with E-state index in [1.165, 1.54) is 0 Å². The van der Waals surface area contributed by atoms with E-state index in [4.69, 9.17) is 10.4 Å². The molecule has 0 atom stereocenters. The Balaban J connectivity index is 2.52. The number of carbonyl (C=O) groups excluding carboxylic acids is 2. The number of hydrogen-bond donors (Lipinski definition) is 2. The van der Waals surface area contributed by atoms with Crippen molar-refractivity contribution >= 4 is 11.8 Å². The molecule has 104 valence electrons. The monoisotopic (exact) mass is 269 g/mol. The van der Waals surface area contributed by atoms with Gasteiger partial charge in [0, 0.05) is 6.42 Å². The number of Topliss-reactive ketones (excluding diaryl/α,β-unsaturated/α-hetero) is 1. The molecule has 0 saturated heterocycles. The van der Waals surface area contributed by atoms with Crippen molar-refractivity contribution in [2.45, 2.75) is 20.0 Å². The van der Waals surface area contributed by atoms with Crippen molar-refractivity contribution in [1.29, 1.82) is 0 Å². The van der Waals surface area contributed by atoms with Crippen molar-refractivity contribution in [3.8, 4) is 0 Å². The zero-order valence-electron chi connectivity index (χ0n) is 10.4. The molecule has 0 unspecified atom stereocenters. The maximum Gasteiger partial charge on any atom is 0.374 e. The molecule has 2 N–H and O–H groups in total. The third-order valence-electron chi connectivity index (χ3n) is 2.24. The number of rotatable bonds is 7. The molecule has 0 amide bonds. The molecule has 0 radical (unpaired) electrons. The maximum absolute atomic E-state index is 11.4. The van der Waals surface area contributed by atoms with Crippen LogP contribution in [0.25, 0.3) is 0 Å². The summed E-state index contributed by atoms with van der Waals surface area (Å²) in [5.74, 6) is -1.45. The van der Waals surface area contributed by atoms with Gasteiger partial charge in [-0.1, -0.05) is 24.3 Å². The summed E-state index contributed by atoms with van der Waals surface area (Å²) in [7, 11) is 0. The van der Waals surface area contributed by atoms with Gasteiger partial charge in [-0.3, -0.25) is 15.2 Å². The van der Waals surface area contributed by atoms with Crippen LogP contribution >= 0.6 is 0 Å². The minimum Gasteiger partial charge on any atom is -0.460 e. The Labute approximate surface area is 109 Å². The van der Waals surface area contributed by atoms with Gasteiger partial charge in [0.05, 0.1) is 18.6 Å². The molecule has 0 aliphatic heterocycles. The van der Waals surface area contributed by atoms with Gasteiger partial charge >= 0.3 is 5.97 Å². The first-order valence-corrected chi connectivity index (χ1v) is 5.61. The van der Waals surface area contributed by atoms with Crippen LogP contribution in [0.2, 0.25) is 0 Å². The molecule has 19 heavy (non-hydrogen) atoms. The molecule has 1 aromatic carbocycles. The molecule has 0 aliphatic rings. The molecular formula is C12H15NO6. The SMILES string of the molecule is CCOC(=O)C(=O)Cc1ccc(CON(O)O)cc1. The predicted octanol–water partition coefficient (Wildman–Crippen LogP) is 0.873. The average Bonchev–Trinajstić information content (AvgIpc) is 2.38. The molecule has 0 saturated carbocycles. The van der Waals surface area contributed by atoms with Crippen molar-refractivity contribution in [3.63, 3.8) is 0 Å². The largest absolute Gasteiger partial charge is 0.460 e. The number of ketones is 1. The Kier molecular flexibility index (Phi) is 6.10. The highest BCUT2D eigenvalue weighted by Crippen LogP contribution is 2.07. The lowest BCUT2D eigenvalue weighted by Gasteiger charge is -2.07. The molecule has 0 bridgehead atoms. The second-order valence-electron chi connectivity index (χ2n) is 3.66. The van der Waals surface area contributed by atoms with Crippen LogP contribution in [0.4, 0.5) is 0 Å². The lowest BCUT2D eigenvalue weighted by Crippen LogP contribution is -2.19. The van der Waals surface area contributed by atoms with Gasteiger partial charge in [-0.05, 0) is 18.1 Å². The summed E-state index contributed by atoms with van der Waals surface area (Å²) < 4.78 is 4.59. The molecule has 0 heterocycles. The van der Waals surface area contributed by atoms with Crippen LogP contribution < -0.4 is 0 Å². The van der Waals surface area contributed by atoms with Crippen molar-refractivity contribution in [3.05, 3.63) is 35.4 Å². The number of ether oxygens (including phenoxy) is 1. The first-order chi connectivity index (χ1) is 9.02. The molecule has 7 heteroatoms. The van der Waals surface area contributed by atoms with Crippen LogP contribution in [0.3, 0.4) is 0 Å². The van der Waals surface area contributed by atoms with Crippen LogP contribution in [0.1, 0.15) is 18.1 Å². The number of carbonyl (C=O) groups is 2. The highest BCUT2D eigenvalue weighted by molar-refractivity contribution is 6.34. The molecule has 1 rings (SSSR count). The topological polar surface area (TPSA) is 96.3 Å². The molecule has 0 aliphatic carbocycles. The molecule has 0 spiro atoms. The second kappa shape index (κ2) is 7.59. The molecular weight excluding hydrogens is 254 g/mol. The highest BCUT2D eigenvalue weighted by Gasteiger charge is 2.15. The molecule has 1 aromatic rings. The number of benzene rings is 1. The van der Waals surface area contributed by atoms with E-state index in [9.17, 15) is 9.59 Å². The quantitative estimate of drug-likeness (QED) is 0.430. The number of hydrogen-bond acceptors (Lipinski definition) is 7. The van der Waals surface area contributed by atoms with Crippen molar-refractivity contribution in [2.75, 3.05) is 6.61 Å². The Morgan fingerprint density at radius 1 is 1.16 bits per heavy atom. The van der Waals surface area contributed by atoms with Gasteiger partial charge in [-0.25, -0.2) is 9.63 Å². The summed E-state index contributed by atoms with van der Waals surface area (Å²) in [6.07, 6.45) is -0.0356. The molecule has 0 fully saturated rings. The summed E-state index contributed by atoms with van der Waals surface area (Å²) in [4.78, 5) is 27.0. The van der Waals surface area contributed by atoms with E-state index in [0.717, 1.165) is 0 Å². The number of esters is 1. The normalized spacial score (nSPS) is 10.5. The van der Waals surface area contributed by atoms with E-state index >= 15 is 0 Å². The van der Waals surface area contributed by atoms with E-state index in [1.54, 1.807) is 31.2 Å². The lowest BCUT2D eigenvalue weighted by molar-refractivity contribution is -0.497. The van der Waals surface area contributed by atoms with E-state index in [1.807, 2.05) is 0 Å². The van der Waals surface area contributed by atoms with E-state index in [-0.39, 0.29) is 25.0 Å². The van der Waals surface area contributed by atoms with Gasteiger partial charge in [-0.15, -0.1) is 0 Å².